The van der Waals surface area contributed by atoms with E-state index in [0.717, 1.165) is 36.2 Å². The number of benzene rings is 2. The second-order valence-electron chi connectivity index (χ2n) is 8.53. The van der Waals surface area contributed by atoms with Gasteiger partial charge in [0, 0.05) is 25.2 Å². The maximum atomic E-state index is 13.9. The number of aryl methyl sites for hydroxylation is 1. The fourth-order valence-corrected chi connectivity index (χ4v) is 4.01. The van der Waals surface area contributed by atoms with E-state index in [1.54, 1.807) is 22.9 Å². The molecule has 1 heterocycles. The molecule has 6 nitrogen and oxygen atoms in total. The van der Waals surface area contributed by atoms with Crippen LogP contribution in [0.25, 0.3) is 5.69 Å². The molecule has 7 heteroatoms. The summed E-state index contributed by atoms with van der Waals surface area (Å²) in [7, 11) is 0. The Hall–Kier alpha value is -3.00. The van der Waals surface area contributed by atoms with Crippen LogP contribution in [-0.2, 0) is 17.7 Å². The van der Waals surface area contributed by atoms with Crippen LogP contribution in [0.3, 0.4) is 0 Å². The zero-order valence-corrected chi connectivity index (χ0v) is 19.6. The average molecular weight is 466 g/mol. The number of halogens is 1. The van der Waals surface area contributed by atoms with Gasteiger partial charge < -0.3 is 14.6 Å². The Morgan fingerprint density at radius 3 is 2.71 bits per heavy atom. The van der Waals surface area contributed by atoms with Crippen LogP contribution in [0.15, 0.2) is 67.3 Å². The van der Waals surface area contributed by atoms with Gasteiger partial charge in [0.1, 0.15) is 11.6 Å². The Labute approximate surface area is 200 Å². The first kappa shape index (κ1) is 24.1. The van der Waals surface area contributed by atoms with Gasteiger partial charge in [-0.05, 0) is 43.5 Å². The highest BCUT2D eigenvalue weighted by Gasteiger charge is 2.33. The van der Waals surface area contributed by atoms with Gasteiger partial charge in [0.2, 0.25) is 5.88 Å². The summed E-state index contributed by atoms with van der Waals surface area (Å²) in [6.45, 7) is 7.44. The van der Waals surface area contributed by atoms with E-state index in [2.05, 4.69) is 18.4 Å². The van der Waals surface area contributed by atoms with E-state index in [0.29, 0.717) is 37.4 Å². The van der Waals surface area contributed by atoms with Gasteiger partial charge >= 0.3 is 0 Å². The van der Waals surface area contributed by atoms with Gasteiger partial charge in [-0.3, -0.25) is 4.90 Å². The number of rotatable bonds is 13. The molecule has 1 saturated carbocycles. The molecule has 1 aliphatic rings. The molecule has 1 aliphatic carbocycles. The van der Waals surface area contributed by atoms with E-state index in [-0.39, 0.29) is 12.4 Å². The second kappa shape index (κ2) is 11.4. The molecule has 1 fully saturated rings. The summed E-state index contributed by atoms with van der Waals surface area (Å²) in [5.74, 6) is 0.622. The molecular formula is C27H32FN3O3. The quantitative estimate of drug-likeness (QED) is 0.288. The van der Waals surface area contributed by atoms with E-state index in [1.165, 1.54) is 12.1 Å². The highest BCUT2D eigenvalue weighted by Crippen LogP contribution is 2.35. The lowest BCUT2D eigenvalue weighted by molar-refractivity contribution is 0.0226. The van der Waals surface area contributed by atoms with E-state index < -0.39 is 6.10 Å². The van der Waals surface area contributed by atoms with E-state index >= 15 is 0 Å². The van der Waals surface area contributed by atoms with Crippen molar-refractivity contribution < 1.29 is 19.0 Å². The molecule has 2 aromatic carbocycles. The van der Waals surface area contributed by atoms with E-state index in [4.69, 9.17) is 14.6 Å². The average Bonchev–Trinajstić information content (AvgIpc) is 3.63. The molecule has 1 atom stereocenters. The molecule has 1 unspecified atom stereocenters. The van der Waals surface area contributed by atoms with Crippen LogP contribution in [0.4, 0.5) is 4.39 Å². The lowest BCUT2D eigenvalue weighted by Gasteiger charge is -2.25. The van der Waals surface area contributed by atoms with Gasteiger partial charge in [-0.2, -0.15) is 5.10 Å². The van der Waals surface area contributed by atoms with Crippen molar-refractivity contribution in [3.63, 3.8) is 0 Å². The van der Waals surface area contributed by atoms with Crippen LogP contribution in [0.5, 0.6) is 11.6 Å². The van der Waals surface area contributed by atoms with Crippen molar-refractivity contribution >= 4 is 0 Å². The first-order valence-electron chi connectivity index (χ1n) is 11.8. The number of hydrogen-bond acceptors (Lipinski definition) is 5. The standard InChI is InChI=1S/C27H32FN3O3/c1-3-15-33-19-23(32)17-30(21-13-14-21)18-25-26(4-2)29-31(22-10-6-5-7-11-22)27(25)34-24-12-8-9-20(28)16-24/h3,5-12,16,21,23,32H,1,4,13-15,17-19H2,2H3. The molecule has 3 aromatic rings. The monoisotopic (exact) mass is 465 g/mol. The topological polar surface area (TPSA) is 59.8 Å². The number of hydrogen-bond donors (Lipinski definition) is 1. The normalized spacial score (nSPS) is 14.4. The third-order valence-corrected chi connectivity index (χ3v) is 5.78. The van der Waals surface area contributed by atoms with E-state index in [9.17, 15) is 9.50 Å². The van der Waals surface area contributed by atoms with Crippen molar-refractivity contribution in [2.24, 2.45) is 0 Å². The van der Waals surface area contributed by atoms with Gasteiger partial charge in [-0.25, -0.2) is 9.07 Å². The largest absolute Gasteiger partial charge is 0.438 e. The van der Waals surface area contributed by atoms with Crippen molar-refractivity contribution in [1.29, 1.82) is 0 Å². The molecular weight excluding hydrogens is 433 g/mol. The van der Waals surface area contributed by atoms with Crippen LogP contribution >= 0.6 is 0 Å². The zero-order valence-electron chi connectivity index (χ0n) is 19.6. The maximum absolute atomic E-state index is 13.9. The Morgan fingerprint density at radius 2 is 2.03 bits per heavy atom. The van der Waals surface area contributed by atoms with Gasteiger partial charge in [0.25, 0.3) is 0 Å². The van der Waals surface area contributed by atoms with Crippen molar-refractivity contribution in [3.8, 4) is 17.3 Å². The molecule has 0 aliphatic heterocycles. The fourth-order valence-electron chi connectivity index (χ4n) is 4.01. The van der Waals surface area contributed by atoms with Crippen molar-refractivity contribution in [1.82, 2.24) is 14.7 Å². The van der Waals surface area contributed by atoms with Crippen LogP contribution in [-0.4, -0.2) is 51.7 Å². The summed E-state index contributed by atoms with van der Waals surface area (Å²) in [5.41, 5.74) is 2.73. The molecule has 0 saturated heterocycles. The zero-order chi connectivity index (χ0) is 23.9. The minimum absolute atomic E-state index is 0.256. The van der Waals surface area contributed by atoms with Gasteiger partial charge in [0.05, 0.1) is 36.3 Å². The smallest absolute Gasteiger partial charge is 0.227 e. The van der Waals surface area contributed by atoms with Crippen LogP contribution in [0.1, 0.15) is 31.0 Å². The molecule has 0 radical (unpaired) electrons. The Balaban J connectivity index is 1.67. The number of aromatic nitrogens is 2. The number of aliphatic hydroxyl groups is 1. The molecule has 4 rings (SSSR count). The number of aliphatic hydroxyl groups excluding tert-OH is 1. The third-order valence-electron chi connectivity index (χ3n) is 5.78. The van der Waals surface area contributed by atoms with Gasteiger partial charge in [-0.15, -0.1) is 6.58 Å². The third kappa shape index (κ3) is 6.11. The minimum Gasteiger partial charge on any atom is -0.438 e. The first-order chi connectivity index (χ1) is 16.6. The number of nitrogens with zero attached hydrogens (tertiary/aromatic N) is 3. The number of para-hydroxylation sites is 1. The summed E-state index contributed by atoms with van der Waals surface area (Å²) >= 11 is 0. The molecule has 180 valence electrons. The van der Waals surface area contributed by atoms with Crippen LogP contribution in [0.2, 0.25) is 0 Å². The number of ether oxygens (including phenoxy) is 2. The first-order valence-corrected chi connectivity index (χ1v) is 11.8. The maximum Gasteiger partial charge on any atom is 0.227 e. The van der Waals surface area contributed by atoms with Crippen LogP contribution < -0.4 is 4.74 Å². The fraction of sp³-hybridized carbons (Fsp3) is 0.370. The van der Waals surface area contributed by atoms with Gasteiger partial charge in [-0.1, -0.05) is 37.3 Å². The highest BCUT2D eigenvalue weighted by atomic mass is 19.1. The van der Waals surface area contributed by atoms with Crippen molar-refractivity contribution in [3.05, 3.63) is 84.3 Å². The predicted octanol–water partition coefficient (Wildman–Crippen LogP) is 4.89. The SMILES string of the molecule is C=CCOCC(O)CN(Cc1c(CC)nn(-c2ccccc2)c1Oc1cccc(F)c1)C1CC1. The Morgan fingerprint density at radius 1 is 1.24 bits per heavy atom. The summed E-state index contributed by atoms with van der Waals surface area (Å²) < 4.78 is 27.4. The molecule has 0 amide bonds. The highest BCUT2D eigenvalue weighted by molar-refractivity contribution is 5.44. The lowest BCUT2D eigenvalue weighted by atomic mass is 10.1. The summed E-state index contributed by atoms with van der Waals surface area (Å²) in [5, 5.41) is 15.4. The van der Waals surface area contributed by atoms with E-state index in [1.807, 2.05) is 30.3 Å². The molecule has 0 spiro atoms. The summed E-state index contributed by atoms with van der Waals surface area (Å²) in [6.07, 6.45) is 3.97. The summed E-state index contributed by atoms with van der Waals surface area (Å²) in [4.78, 5) is 2.27. The Bertz CT molecular complexity index is 1080. The predicted molar refractivity (Wildman–Crippen MR) is 130 cm³/mol. The molecule has 0 bridgehead atoms. The van der Waals surface area contributed by atoms with Crippen molar-refractivity contribution in [2.75, 3.05) is 19.8 Å². The lowest BCUT2D eigenvalue weighted by Crippen LogP contribution is -2.36. The molecule has 1 aromatic heterocycles. The molecule has 1 N–H and O–H groups in total. The van der Waals surface area contributed by atoms with Gasteiger partial charge in [0.15, 0.2) is 0 Å². The second-order valence-corrected chi connectivity index (χ2v) is 8.53. The summed E-state index contributed by atoms with van der Waals surface area (Å²) in [6, 6.07) is 16.3. The minimum atomic E-state index is -0.609. The molecule has 34 heavy (non-hydrogen) atoms. The Kier molecular flexibility index (Phi) is 8.11. The van der Waals surface area contributed by atoms with Crippen molar-refractivity contribution in [2.45, 2.75) is 44.9 Å². The van der Waals surface area contributed by atoms with Crippen LogP contribution in [0, 0.1) is 5.82 Å².